The van der Waals surface area contributed by atoms with Crippen LogP contribution in [0.25, 0.3) is 0 Å². The van der Waals surface area contributed by atoms with Gasteiger partial charge in [0.05, 0.1) is 18.9 Å². The Hall–Kier alpha value is -2.93. The molecule has 7 heteroatoms. The van der Waals surface area contributed by atoms with Crippen molar-refractivity contribution in [1.29, 1.82) is 0 Å². The monoisotopic (exact) mass is 383 g/mol. The molecule has 0 spiro atoms. The lowest BCUT2D eigenvalue weighted by Crippen LogP contribution is -2.36. The number of ether oxygens (including phenoxy) is 1. The molecule has 1 N–H and O–H groups in total. The van der Waals surface area contributed by atoms with Crippen LogP contribution in [-0.4, -0.2) is 44.0 Å². The molecule has 2 aliphatic rings. The minimum absolute atomic E-state index is 0.229. The van der Waals surface area contributed by atoms with Crippen LogP contribution in [0.4, 0.5) is 10.1 Å². The minimum Gasteiger partial charge on any atom is -0.382 e. The third kappa shape index (κ3) is 4.31. The first-order valence-electron chi connectivity index (χ1n) is 9.37. The summed E-state index contributed by atoms with van der Waals surface area (Å²) in [6.07, 6.45) is -0.364. The van der Waals surface area contributed by atoms with Crippen molar-refractivity contribution < 1.29 is 18.8 Å². The highest BCUT2D eigenvalue weighted by Crippen LogP contribution is 2.19. The summed E-state index contributed by atoms with van der Waals surface area (Å²) >= 11 is 0. The molecule has 6 nitrogen and oxygen atoms in total. The van der Waals surface area contributed by atoms with Gasteiger partial charge >= 0.3 is 0 Å². The van der Waals surface area contributed by atoms with Crippen LogP contribution in [0.2, 0.25) is 0 Å². The summed E-state index contributed by atoms with van der Waals surface area (Å²) in [5.74, 6) is -0.568. The van der Waals surface area contributed by atoms with Crippen LogP contribution in [0.5, 0.6) is 0 Å². The predicted octanol–water partition coefficient (Wildman–Crippen LogP) is 2.47. The van der Waals surface area contributed by atoms with Gasteiger partial charge in [-0.05, 0) is 29.8 Å². The van der Waals surface area contributed by atoms with E-state index in [-0.39, 0.29) is 11.7 Å². The fourth-order valence-corrected chi connectivity index (χ4v) is 3.31. The number of anilines is 1. The molecule has 4 rings (SSSR count). The average Bonchev–Trinajstić information content (AvgIpc) is 3.24. The quantitative estimate of drug-likeness (QED) is 0.862. The summed E-state index contributed by atoms with van der Waals surface area (Å²) in [5, 5.41) is 6.82. The minimum atomic E-state index is -0.689. The summed E-state index contributed by atoms with van der Waals surface area (Å²) in [4.78, 5) is 19.9. The summed E-state index contributed by atoms with van der Waals surface area (Å²) < 4.78 is 18.7. The fraction of sp³-hybridized carbons (Fsp3) is 0.333. The zero-order valence-electron chi connectivity index (χ0n) is 15.4. The third-order valence-corrected chi connectivity index (χ3v) is 4.90. The molecule has 2 aromatic carbocycles. The van der Waals surface area contributed by atoms with E-state index in [0.717, 1.165) is 37.6 Å². The van der Waals surface area contributed by atoms with E-state index in [1.807, 2.05) is 12.1 Å². The third-order valence-electron chi connectivity index (χ3n) is 4.90. The molecule has 146 valence electrons. The number of morpholine rings is 1. The Morgan fingerprint density at radius 2 is 1.96 bits per heavy atom. The molecular weight excluding hydrogens is 361 g/mol. The summed E-state index contributed by atoms with van der Waals surface area (Å²) in [6.45, 7) is 3.70. The molecule has 0 bridgehead atoms. The van der Waals surface area contributed by atoms with Gasteiger partial charge in [0.2, 0.25) is 6.10 Å². The van der Waals surface area contributed by atoms with Crippen LogP contribution in [-0.2, 0) is 20.9 Å². The van der Waals surface area contributed by atoms with Gasteiger partial charge in [-0.15, -0.1) is 0 Å². The van der Waals surface area contributed by atoms with E-state index in [9.17, 15) is 9.18 Å². The molecule has 1 fully saturated rings. The lowest BCUT2D eigenvalue weighted by molar-refractivity contribution is -0.131. The van der Waals surface area contributed by atoms with Crippen LogP contribution in [0, 0.1) is 5.82 Å². The smallest absolute Gasteiger partial charge is 0.264 e. The van der Waals surface area contributed by atoms with E-state index in [2.05, 4.69) is 27.5 Å². The zero-order chi connectivity index (χ0) is 19.3. The number of rotatable bonds is 5. The van der Waals surface area contributed by atoms with Gasteiger partial charge < -0.3 is 19.8 Å². The molecule has 1 unspecified atom stereocenters. The number of hydrogen-bond donors (Lipinski definition) is 1. The molecule has 1 saturated heterocycles. The second-order valence-corrected chi connectivity index (χ2v) is 6.83. The maximum atomic E-state index is 13.3. The molecule has 2 aliphatic heterocycles. The van der Waals surface area contributed by atoms with E-state index < -0.39 is 6.10 Å². The molecule has 1 amide bonds. The van der Waals surface area contributed by atoms with Crippen LogP contribution in [0.3, 0.4) is 0 Å². The largest absolute Gasteiger partial charge is 0.382 e. The molecule has 28 heavy (non-hydrogen) atoms. The van der Waals surface area contributed by atoms with Crippen molar-refractivity contribution in [2.45, 2.75) is 19.1 Å². The Balaban J connectivity index is 1.28. The lowest BCUT2D eigenvalue weighted by atomic mass is 10.0. The first kappa shape index (κ1) is 18.4. The molecule has 0 saturated carbocycles. The van der Waals surface area contributed by atoms with Gasteiger partial charge in [0.1, 0.15) is 5.82 Å². The second-order valence-electron chi connectivity index (χ2n) is 6.83. The standard InChI is InChI=1S/C21H22FN3O3/c22-17-3-1-2-16(12-17)19-13-20(28-24-19)21(26)23-14-15-4-6-18(7-5-15)25-8-10-27-11-9-25/h1-7,12,20H,8-11,13-14H2,(H,23,26). The molecule has 2 heterocycles. The van der Waals surface area contributed by atoms with Gasteiger partial charge in [0.15, 0.2) is 0 Å². The Morgan fingerprint density at radius 3 is 2.71 bits per heavy atom. The number of benzene rings is 2. The molecule has 0 aliphatic carbocycles. The first-order valence-corrected chi connectivity index (χ1v) is 9.37. The van der Waals surface area contributed by atoms with Gasteiger partial charge in [-0.2, -0.15) is 0 Å². The van der Waals surface area contributed by atoms with Crippen LogP contribution in [0.1, 0.15) is 17.5 Å². The van der Waals surface area contributed by atoms with Crippen LogP contribution in [0.15, 0.2) is 53.7 Å². The van der Waals surface area contributed by atoms with Crippen molar-refractivity contribution in [1.82, 2.24) is 5.32 Å². The maximum absolute atomic E-state index is 13.3. The van der Waals surface area contributed by atoms with E-state index in [1.165, 1.54) is 12.1 Å². The fourth-order valence-electron chi connectivity index (χ4n) is 3.31. The molecule has 1 atom stereocenters. The van der Waals surface area contributed by atoms with E-state index >= 15 is 0 Å². The van der Waals surface area contributed by atoms with Gasteiger partial charge in [0, 0.05) is 37.3 Å². The molecule has 2 aromatic rings. The summed E-state index contributed by atoms with van der Waals surface area (Å²) in [5.41, 5.74) is 3.38. The normalized spacial score (nSPS) is 19.1. The Bertz CT molecular complexity index is 863. The van der Waals surface area contributed by atoms with Gasteiger partial charge in [-0.25, -0.2) is 4.39 Å². The zero-order valence-corrected chi connectivity index (χ0v) is 15.4. The molecular formula is C21H22FN3O3. The van der Waals surface area contributed by atoms with Gasteiger partial charge in [-0.3, -0.25) is 4.79 Å². The van der Waals surface area contributed by atoms with Crippen molar-refractivity contribution in [3.63, 3.8) is 0 Å². The topological polar surface area (TPSA) is 63.2 Å². The number of hydrogen-bond acceptors (Lipinski definition) is 5. The number of carbonyl (C=O) groups excluding carboxylic acids is 1. The van der Waals surface area contributed by atoms with Crippen LogP contribution >= 0.6 is 0 Å². The number of halogens is 1. The highest BCUT2D eigenvalue weighted by atomic mass is 19.1. The lowest BCUT2D eigenvalue weighted by Gasteiger charge is -2.28. The Labute approximate surface area is 162 Å². The van der Waals surface area contributed by atoms with Gasteiger partial charge in [0.25, 0.3) is 5.91 Å². The number of nitrogens with one attached hydrogen (secondary N) is 1. The Morgan fingerprint density at radius 1 is 1.18 bits per heavy atom. The van der Waals surface area contributed by atoms with Crippen molar-refractivity contribution >= 4 is 17.3 Å². The highest BCUT2D eigenvalue weighted by Gasteiger charge is 2.28. The molecule has 0 radical (unpaired) electrons. The van der Waals surface area contributed by atoms with E-state index in [1.54, 1.807) is 12.1 Å². The van der Waals surface area contributed by atoms with Gasteiger partial charge in [-0.1, -0.05) is 29.4 Å². The SMILES string of the molecule is O=C(NCc1ccc(N2CCOCC2)cc1)C1CC(c2cccc(F)c2)=NO1. The van der Waals surface area contributed by atoms with E-state index in [0.29, 0.717) is 24.2 Å². The number of oxime groups is 1. The average molecular weight is 383 g/mol. The second kappa shape index (κ2) is 8.39. The van der Waals surface area contributed by atoms with Crippen LogP contribution < -0.4 is 10.2 Å². The predicted molar refractivity (Wildman–Crippen MR) is 104 cm³/mol. The number of amides is 1. The van der Waals surface area contributed by atoms with E-state index in [4.69, 9.17) is 9.57 Å². The van der Waals surface area contributed by atoms with Crippen molar-refractivity contribution in [2.24, 2.45) is 5.16 Å². The van der Waals surface area contributed by atoms with Crippen molar-refractivity contribution in [2.75, 3.05) is 31.2 Å². The number of carbonyl (C=O) groups is 1. The number of nitrogens with zero attached hydrogens (tertiary/aromatic N) is 2. The maximum Gasteiger partial charge on any atom is 0.264 e. The van der Waals surface area contributed by atoms with Crippen molar-refractivity contribution in [3.05, 3.63) is 65.5 Å². The Kier molecular flexibility index (Phi) is 5.53. The summed E-state index contributed by atoms with van der Waals surface area (Å²) in [6, 6.07) is 14.3. The van der Waals surface area contributed by atoms with Crippen molar-refractivity contribution in [3.8, 4) is 0 Å². The summed E-state index contributed by atoms with van der Waals surface area (Å²) in [7, 11) is 0. The highest BCUT2D eigenvalue weighted by molar-refractivity contribution is 6.04. The molecule has 0 aromatic heterocycles. The first-order chi connectivity index (χ1) is 13.7.